The number of fused-ring (bicyclic) bond motifs is 1. The third-order valence-electron chi connectivity index (χ3n) is 3.85. The van der Waals surface area contributed by atoms with Crippen LogP contribution in [0.15, 0.2) is 41.1 Å². The van der Waals surface area contributed by atoms with Crippen LogP contribution in [0.4, 0.5) is 0 Å². The van der Waals surface area contributed by atoms with Gasteiger partial charge in [-0.3, -0.25) is 4.52 Å². The number of benzene rings is 2. The average molecular weight is 424 g/mol. The van der Waals surface area contributed by atoms with Gasteiger partial charge in [0.1, 0.15) is 0 Å². The lowest BCUT2D eigenvalue weighted by atomic mass is 9.98. The van der Waals surface area contributed by atoms with Crippen LogP contribution >= 0.6 is 19.8 Å². The highest BCUT2D eigenvalue weighted by molar-refractivity contribution is 7.34. The molecule has 0 fully saturated rings. The molecule has 28 heavy (non-hydrogen) atoms. The van der Waals surface area contributed by atoms with Crippen molar-refractivity contribution in [3.63, 3.8) is 0 Å². The molecule has 2 aromatic carbocycles. The average Bonchev–Trinajstić information content (AvgIpc) is 2.60. The van der Waals surface area contributed by atoms with Gasteiger partial charge in [-0.05, 0) is 29.2 Å². The maximum Gasteiger partial charge on any atom is 0.395 e. The molecular weight excluding hydrogens is 397 g/mol. The summed E-state index contributed by atoms with van der Waals surface area (Å²) < 4.78 is 15.1. The van der Waals surface area contributed by atoms with Crippen LogP contribution < -0.4 is 9.42 Å². The largest absolute Gasteiger partial charge is 0.575 e. The molecule has 152 valence electrons. The van der Waals surface area contributed by atoms with Gasteiger partial charge < -0.3 is 9.63 Å². The van der Waals surface area contributed by atoms with Gasteiger partial charge in [0.25, 0.3) is 0 Å². The summed E-state index contributed by atoms with van der Waals surface area (Å²) in [7, 11) is -2.50. The van der Waals surface area contributed by atoms with Crippen molar-refractivity contribution in [3.05, 3.63) is 41.4 Å². The maximum absolute atomic E-state index is 12.6. The molecule has 0 bridgehead atoms. The molecule has 0 aliphatic rings. The van der Waals surface area contributed by atoms with Crippen LogP contribution in [-0.2, 0) is 9.53 Å². The second-order valence-electron chi connectivity index (χ2n) is 8.36. The van der Waals surface area contributed by atoms with Crippen LogP contribution in [0.2, 0.25) is 5.02 Å². The van der Waals surface area contributed by atoms with E-state index in [-0.39, 0.29) is 17.9 Å². The minimum absolute atomic E-state index is 0.160. The number of carbonyl (C=O) groups excluding carboxylic acids is 1. The lowest BCUT2D eigenvalue weighted by molar-refractivity contribution is -0.170. The highest BCUT2D eigenvalue weighted by Crippen LogP contribution is 2.38. The Morgan fingerprint density at radius 2 is 1.89 bits per heavy atom. The van der Waals surface area contributed by atoms with E-state index in [0.717, 1.165) is 10.8 Å². The Morgan fingerprint density at radius 3 is 2.54 bits per heavy atom. The number of nitrogens with zero attached hydrogens (tertiary/aromatic N) is 1. The van der Waals surface area contributed by atoms with E-state index in [1.165, 1.54) is 0 Å². The van der Waals surface area contributed by atoms with Crippen molar-refractivity contribution in [1.82, 2.24) is 0 Å². The van der Waals surface area contributed by atoms with Crippen molar-refractivity contribution in [2.24, 2.45) is 16.1 Å². The Hall–Kier alpha value is -1.68. The number of carbonyl (C=O) groups is 1. The summed E-state index contributed by atoms with van der Waals surface area (Å²) in [6, 6.07) is 10.2. The van der Waals surface area contributed by atoms with Gasteiger partial charge in [0.05, 0.1) is 11.6 Å². The van der Waals surface area contributed by atoms with E-state index in [2.05, 4.69) is 4.74 Å². The predicted octanol–water partition coefficient (Wildman–Crippen LogP) is 5.73. The zero-order chi connectivity index (χ0) is 20.9. The molecule has 0 saturated heterocycles. The summed E-state index contributed by atoms with van der Waals surface area (Å²) in [6.07, 6.45) is 0.427. The first-order chi connectivity index (χ1) is 13.1. The first-order valence-corrected chi connectivity index (χ1v) is 10.8. The summed E-state index contributed by atoms with van der Waals surface area (Å²) in [5.74, 6) is -0.00365. The van der Waals surface area contributed by atoms with Gasteiger partial charge in [-0.25, -0.2) is 4.79 Å². The zero-order valence-corrected chi connectivity index (χ0v) is 18.6. The van der Waals surface area contributed by atoms with E-state index in [1.54, 1.807) is 6.07 Å². The molecule has 2 aromatic rings. The molecule has 0 amide bonds. The van der Waals surface area contributed by atoms with E-state index in [4.69, 9.17) is 20.9 Å². The second-order valence-corrected chi connectivity index (χ2v) is 9.65. The van der Waals surface area contributed by atoms with Gasteiger partial charge in [-0.15, -0.1) is 0 Å². The smallest absolute Gasteiger partial charge is 0.395 e. The molecule has 7 heteroatoms. The van der Waals surface area contributed by atoms with Crippen LogP contribution in [0, 0.1) is 11.3 Å². The van der Waals surface area contributed by atoms with E-state index >= 15 is 0 Å². The van der Waals surface area contributed by atoms with Crippen LogP contribution in [0.5, 0.6) is 5.75 Å². The van der Waals surface area contributed by atoms with Gasteiger partial charge in [0, 0.05) is 5.39 Å². The van der Waals surface area contributed by atoms with Crippen molar-refractivity contribution in [2.75, 3.05) is 6.61 Å². The quantitative estimate of drug-likeness (QED) is 0.421. The molecular formula is C21H27ClNO4P. The van der Waals surface area contributed by atoms with Crippen molar-refractivity contribution >= 4 is 36.5 Å². The van der Waals surface area contributed by atoms with Crippen LogP contribution in [-0.4, -0.2) is 18.6 Å². The first kappa shape index (κ1) is 22.6. The third kappa shape index (κ3) is 6.73. The van der Waals surface area contributed by atoms with Gasteiger partial charge in [0.2, 0.25) is 5.75 Å². The van der Waals surface area contributed by atoms with Crippen LogP contribution in [0.3, 0.4) is 0 Å². The summed E-state index contributed by atoms with van der Waals surface area (Å²) in [5.41, 5.74) is -0.160. The number of esters is 1. The summed E-state index contributed by atoms with van der Waals surface area (Å²) in [4.78, 5) is 25.1. The van der Waals surface area contributed by atoms with Gasteiger partial charge in [-0.1, -0.05) is 81.3 Å². The lowest BCUT2D eigenvalue weighted by Crippen LogP contribution is -2.27. The SMILES string of the molecule is CC(C)C[C@H](N=[P+]([O-])Oc1c(Cl)ccc2ccccc12)C(=O)OCC(C)(C)C. The van der Waals surface area contributed by atoms with Crippen molar-refractivity contribution in [3.8, 4) is 5.75 Å². The topological polar surface area (TPSA) is 71.0 Å². The van der Waals surface area contributed by atoms with Gasteiger partial charge in [0.15, 0.2) is 6.04 Å². The van der Waals surface area contributed by atoms with E-state index in [0.29, 0.717) is 17.2 Å². The minimum atomic E-state index is -2.50. The Morgan fingerprint density at radius 1 is 1.21 bits per heavy atom. The van der Waals surface area contributed by atoms with E-state index in [1.807, 2.05) is 65.0 Å². The molecule has 5 nitrogen and oxygen atoms in total. The molecule has 0 heterocycles. The number of rotatable bonds is 7. The predicted molar refractivity (Wildman–Crippen MR) is 113 cm³/mol. The van der Waals surface area contributed by atoms with Crippen molar-refractivity contribution in [2.45, 2.75) is 47.1 Å². The number of hydrogen-bond donors (Lipinski definition) is 0. The molecule has 0 saturated carbocycles. The number of hydrogen-bond acceptors (Lipinski definition) is 5. The zero-order valence-electron chi connectivity index (χ0n) is 16.9. The third-order valence-corrected chi connectivity index (χ3v) is 4.95. The lowest BCUT2D eigenvalue weighted by Gasteiger charge is -2.19. The van der Waals surface area contributed by atoms with E-state index < -0.39 is 20.2 Å². The first-order valence-electron chi connectivity index (χ1n) is 9.26. The fourth-order valence-corrected chi connectivity index (χ4v) is 3.62. The molecule has 2 atom stereocenters. The van der Waals surface area contributed by atoms with Crippen LogP contribution in [0.1, 0.15) is 41.0 Å². The summed E-state index contributed by atoms with van der Waals surface area (Å²) >= 11 is 6.24. The normalized spacial score (nSPS) is 13.6. The minimum Gasteiger partial charge on any atom is -0.575 e. The monoisotopic (exact) mass is 423 g/mol. The standard InChI is InChI=1S/C21H27ClNO4P/c1-14(2)12-18(20(24)26-13-21(3,4)5)23-28(25)27-19-16-9-7-6-8-15(16)10-11-17(19)22/h6-11,14,18H,12-13H2,1-5H3/t18-/m0/s1. The molecule has 0 aliphatic carbocycles. The fraction of sp³-hybridized carbons (Fsp3) is 0.476. The molecule has 1 unspecified atom stereocenters. The Bertz CT molecular complexity index is 861. The Labute approximate surface area is 172 Å². The molecule has 2 rings (SSSR count). The van der Waals surface area contributed by atoms with Crippen LogP contribution in [0.25, 0.3) is 10.8 Å². The maximum atomic E-state index is 12.6. The molecule has 0 radical (unpaired) electrons. The fourth-order valence-electron chi connectivity index (χ4n) is 2.55. The highest BCUT2D eigenvalue weighted by Gasteiger charge is 2.27. The molecule has 0 aliphatic heterocycles. The van der Waals surface area contributed by atoms with E-state index in [9.17, 15) is 9.69 Å². The summed E-state index contributed by atoms with van der Waals surface area (Å²) in [6.45, 7) is 10.1. The Kier molecular flexibility index (Phi) is 7.82. The second kappa shape index (κ2) is 9.69. The van der Waals surface area contributed by atoms with Crippen molar-refractivity contribution in [1.29, 1.82) is 0 Å². The Balaban J connectivity index is 2.24. The van der Waals surface area contributed by atoms with Crippen molar-refractivity contribution < 1.29 is 18.9 Å². The molecule has 0 N–H and O–H groups in total. The summed E-state index contributed by atoms with van der Waals surface area (Å²) in [5, 5.41) is 1.99. The highest BCUT2D eigenvalue weighted by atomic mass is 35.5. The molecule has 0 spiro atoms. The van der Waals surface area contributed by atoms with Gasteiger partial charge >= 0.3 is 14.1 Å². The number of ether oxygens (including phenoxy) is 1. The molecule has 0 aromatic heterocycles. The number of halogens is 1. The van der Waals surface area contributed by atoms with Gasteiger partial charge in [-0.2, -0.15) is 0 Å².